The lowest BCUT2D eigenvalue weighted by Crippen LogP contribution is -2.34. The first-order valence-electron chi connectivity index (χ1n) is 5.19. The van der Waals surface area contributed by atoms with E-state index in [0.29, 0.717) is 0 Å². The van der Waals surface area contributed by atoms with E-state index in [1.54, 1.807) is 7.05 Å². The molecule has 18 heavy (non-hydrogen) atoms. The van der Waals surface area contributed by atoms with Crippen LogP contribution in [0.2, 0.25) is 0 Å². The highest BCUT2D eigenvalue weighted by molar-refractivity contribution is 9.10. The van der Waals surface area contributed by atoms with E-state index >= 15 is 0 Å². The molecule has 0 spiro atoms. The second-order valence-electron chi connectivity index (χ2n) is 3.86. The van der Waals surface area contributed by atoms with Crippen LogP contribution >= 0.6 is 26.6 Å². The van der Waals surface area contributed by atoms with E-state index in [1.165, 1.54) is 4.90 Å². The smallest absolute Gasteiger partial charge is 0.289 e. The minimum Gasteiger partial charge on any atom is -0.443 e. The van der Waals surface area contributed by atoms with Crippen LogP contribution < -0.4 is 0 Å². The largest absolute Gasteiger partial charge is 0.443 e. The summed E-state index contributed by atoms with van der Waals surface area (Å²) in [6.45, 7) is 3.83. The maximum absolute atomic E-state index is 12.0. The van der Waals surface area contributed by atoms with Gasteiger partial charge in [-0.3, -0.25) is 4.79 Å². The molecule has 5 nitrogen and oxygen atoms in total. The highest BCUT2D eigenvalue weighted by Gasteiger charge is 2.26. The Morgan fingerprint density at radius 2 is 2.17 bits per heavy atom. The number of carbonyl (C=O) groups excluding carboxylic acids is 1. The number of nitrogens with zero attached hydrogens (tertiary/aromatic N) is 1. The van der Waals surface area contributed by atoms with Crippen LogP contribution in [-0.2, 0) is 9.05 Å². The van der Waals surface area contributed by atoms with Gasteiger partial charge in [-0.1, -0.05) is 6.92 Å². The minimum atomic E-state index is -3.94. The summed E-state index contributed by atoms with van der Waals surface area (Å²) in [5.74, 6) is -0.458. The van der Waals surface area contributed by atoms with Crippen LogP contribution in [0.3, 0.4) is 0 Å². The normalized spacial score (nSPS) is 13.4. The summed E-state index contributed by atoms with van der Waals surface area (Å²) in [5, 5.41) is 0. The monoisotopic (exact) mass is 357 g/mol. The van der Waals surface area contributed by atoms with Crippen molar-refractivity contribution in [2.24, 2.45) is 0 Å². The van der Waals surface area contributed by atoms with Crippen molar-refractivity contribution in [2.75, 3.05) is 7.05 Å². The van der Waals surface area contributed by atoms with E-state index < -0.39 is 15.0 Å². The zero-order valence-corrected chi connectivity index (χ0v) is 13.3. The predicted octanol–water partition coefficient (Wildman–Crippen LogP) is 2.84. The van der Waals surface area contributed by atoms with Crippen LogP contribution in [-0.4, -0.2) is 32.3 Å². The Kier molecular flexibility index (Phi) is 4.85. The van der Waals surface area contributed by atoms with Gasteiger partial charge in [0.25, 0.3) is 15.0 Å². The van der Waals surface area contributed by atoms with Crippen LogP contribution in [0.5, 0.6) is 0 Å². The molecule has 1 amide bonds. The third kappa shape index (κ3) is 3.27. The van der Waals surface area contributed by atoms with Crippen molar-refractivity contribution in [2.45, 2.75) is 31.2 Å². The van der Waals surface area contributed by atoms with Crippen LogP contribution in [0, 0.1) is 0 Å². The standard InChI is InChI=1S/C10H13BrClNO4S/c1-4-6(2)13(3)10(14)7-5-8(9(11)17-7)18(12,15)16/h5-6H,4H2,1-3H3. The molecule has 0 aromatic carbocycles. The lowest BCUT2D eigenvalue weighted by molar-refractivity contribution is 0.0707. The fraction of sp³-hybridized carbons (Fsp3) is 0.500. The third-order valence-corrected chi connectivity index (χ3v) is 4.88. The minimum absolute atomic E-state index is 0.0254. The molecule has 1 atom stereocenters. The van der Waals surface area contributed by atoms with Crippen molar-refractivity contribution in [3.05, 3.63) is 16.5 Å². The molecule has 0 aliphatic carbocycles. The first kappa shape index (κ1) is 15.5. The predicted molar refractivity (Wildman–Crippen MR) is 71.3 cm³/mol. The average molecular weight is 359 g/mol. The van der Waals surface area contributed by atoms with E-state index in [-0.39, 0.29) is 21.4 Å². The van der Waals surface area contributed by atoms with Gasteiger partial charge in [0.1, 0.15) is 4.90 Å². The van der Waals surface area contributed by atoms with Crippen LogP contribution in [0.1, 0.15) is 30.8 Å². The summed E-state index contributed by atoms with van der Waals surface area (Å²) in [5.41, 5.74) is 0. The van der Waals surface area contributed by atoms with Gasteiger partial charge in [0.2, 0.25) is 0 Å². The van der Waals surface area contributed by atoms with E-state index in [9.17, 15) is 13.2 Å². The van der Waals surface area contributed by atoms with E-state index in [0.717, 1.165) is 12.5 Å². The number of rotatable bonds is 4. The second-order valence-corrected chi connectivity index (χ2v) is 7.11. The van der Waals surface area contributed by atoms with E-state index in [2.05, 4.69) is 15.9 Å². The van der Waals surface area contributed by atoms with Gasteiger partial charge in [-0.05, 0) is 29.3 Å². The van der Waals surface area contributed by atoms with Gasteiger partial charge in [0.15, 0.2) is 10.4 Å². The summed E-state index contributed by atoms with van der Waals surface area (Å²) in [7, 11) is 2.90. The van der Waals surface area contributed by atoms with Gasteiger partial charge in [0.05, 0.1) is 0 Å². The van der Waals surface area contributed by atoms with Gasteiger partial charge in [0, 0.05) is 29.8 Å². The zero-order valence-electron chi connectivity index (χ0n) is 10.1. The Morgan fingerprint density at radius 1 is 1.61 bits per heavy atom. The Morgan fingerprint density at radius 3 is 2.56 bits per heavy atom. The fourth-order valence-corrected chi connectivity index (χ4v) is 3.30. The summed E-state index contributed by atoms with van der Waals surface area (Å²) >= 11 is 2.92. The highest BCUT2D eigenvalue weighted by Crippen LogP contribution is 2.29. The number of halogens is 2. The summed E-state index contributed by atoms with van der Waals surface area (Å²) in [6, 6.07) is 1.14. The molecule has 1 heterocycles. The van der Waals surface area contributed by atoms with Crippen molar-refractivity contribution < 1.29 is 17.6 Å². The van der Waals surface area contributed by atoms with Crippen molar-refractivity contribution in [1.29, 1.82) is 0 Å². The molecule has 0 fully saturated rings. The van der Waals surface area contributed by atoms with Crippen LogP contribution in [0.15, 0.2) is 20.0 Å². The Hall–Kier alpha value is -0.530. The maximum Gasteiger partial charge on any atom is 0.289 e. The first-order valence-corrected chi connectivity index (χ1v) is 8.29. The molecule has 1 aromatic heterocycles. The van der Waals surface area contributed by atoms with Crippen LogP contribution in [0.4, 0.5) is 0 Å². The number of carbonyl (C=O) groups is 1. The topological polar surface area (TPSA) is 67.6 Å². The maximum atomic E-state index is 12.0. The summed E-state index contributed by atoms with van der Waals surface area (Å²) < 4.78 is 27.4. The van der Waals surface area contributed by atoms with Crippen molar-refractivity contribution >= 4 is 41.6 Å². The van der Waals surface area contributed by atoms with Gasteiger partial charge in [-0.25, -0.2) is 8.42 Å². The molecule has 1 aromatic rings. The molecule has 0 aliphatic rings. The van der Waals surface area contributed by atoms with Gasteiger partial charge < -0.3 is 9.32 Å². The fourth-order valence-electron chi connectivity index (χ4n) is 1.27. The lowest BCUT2D eigenvalue weighted by Gasteiger charge is -2.22. The number of amides is 1. The Labute approximate surface area is 119 Å². The Balaban J connectivity index is 3.10. The van der Waals surface area contributed by atoms with Crippen molar-refractivity contribution in [3.8, 4) is 0 Å². The molecule has 0 radical (unpaired) electrons. The molecule has 0 N–H and O–H groups in total. The van der Waals surface area contributed by atoms with Gasteiger partial charge in [-0.2, -0.15) is 0 Å². The van der Waals surface area contributed by atoms with Gasteiger partial charge in [-0.15, -0.1) is 0 Å². The second kappa shape index (κ2) is 5.63. The summed E-state index contributed by atoms with van der Waals surface area (Å²) in [6.07, 6.45) is 0.783. The van der Waals surface area contributed by atoms with Crippen molar-refractivity contribution in [1.82, 2.24) is 4.90 Å². The van der Waals surface area contributed by atoms with Crippen molar-refractivity contribution in [3.63, 3.8) is 0 Å². The molecule has 0 saturated carbocycles. The molecular weight excluding hydrogens is 346 g/mol. The third-order valence-electron chi connectivity index (χ3n) is 2.70. The van der Waals surface area contributed by atoms with E-state index in [4.69, 9.17) is 15.1 Å². The van der Waals surface area contributed by atoms with Gasteiger partial charge >= 0.3 is 0 Å². The molecule has 1 unspecified atom stereocenters. The number of furan rings is 1. The molecule has 0 aliphatic heterocycles. The number of hydrogen-bond donors (Lipinski definition) is 0. The number of hydrogen-bond acceptors (Lipinski definition) is 4. The molecule has 102 valence electrons. The molecular formula is C10H13BrClNO4S. The first-order chi connectivity index (χ1) is 8.18. The highest BCUT2D eigenvalue weighted by atomic mass is 79.9. The average Bonchev–Trinajstić information content (AvgIpc) is 2.68. The lowest BCUT2D eigenvalue weighted by atomic mass is 10.2. The Bertz CT molecular complexity index is 554. The van der Waals surface area contributed by atoms with Crippen LogP contribution in [0.25, 0.3) is 0 Å². The SMILES string of the molecule is CCC(C)N(C)C(=O)c1cc(S(=O)(=O)Cl)c(Br)o1. The summed E-state index contributed by atoms with van der Waals surface area (Å²) in [4.78, 5) is 13.2. The molecule has 0 saturated heterocycles. The quantitative estimate of drug-likeness (QED) is 0.776. The van der Waals surface area contributed by atoms with E-state index in [1.807, 2.05) is 13.8 Å². The zero-order chi connectivity index (χ0) is 14.1. The molecule has 8 heteroatoms. The molecule has 0 bridgehead atoms. The molecule has 1 rings (SSSR count).